The molecule has 4 nitrogen and oxygen atoms in total. The molecule has 18 heavy (non-hydrogen) atoms. The van der Waals surface area contributed by atoms with Gasteiger partial charge in [-0.15, -0.1) is 0 Å². The molecule has 0 aliphatic rings. The Morgan fingerprint density at radius 1 is 1.50 bits per heavy atom. The van der Waals surface area contributed by atoms with Crippen LogP contribution in [-0.2, 0) is 4.79 Å². The molecule has 1 N–H and O–H groups in total. The average molecular weight is 315 g/mol. The van der Waals surface area contributed by atoms with Gasteiger partial charge in [-0.2, -0.15) is 0 Å². The molecule has 1 aromatic carbocycles. The summed E-state index contributed by atoms with van der Waals surface area (Å²) in [5, 5.41) is 8.85. The van der Waals surface area contributed by atoms with Gasteiger partial charge in [-0.3, -0.25) is 0 Å². The molecule has 5 heteroatoms. The van der Waals surface area contributed by atoms with Crippen LogP contribution in [0.15, 0.2) is 22.2 Å². The number of rotatable bonds is 5. The minimum Gasteiger partial charge on any atom is -0.492 e. The van der Waals surface area contributed by atoms with E-state index in [0.717, 1.165) is 10.0 Å². The van der Waals surface area contributed by atoms with Crippen LogP contribution in [0.25, 0.3) is 6.08 Å². The molecule has 0 radical (unpaired) electrons. The first-order valence-corrected chi connectivity index (χ1v) is 6.20. The van der Waals surface area contributed by atoms with Crippen LogP contribution >= 0.6 is 15.9 Å². The second-order valence-electron chi connectivity index (χ2n) is 3.60. The Hall–Kier alpha value is -1.49. The largest absolute Gasteiger partial charge is 0.492 e. The zero-order valence-electron chi connectivity index (χ0n) is 10.5. The van der Waals surface area contributed by atoms with E-state index in [1.54, 1.807) is 32.2 Å². The number of aliphatic carboxylic acids is 1. The second-order valence-corrected chi connectivity index (χ2v) is 4.45. The first-order chi connectivity index (χ1) is 8.49. The molecule has 0 aromatic heterocycles. The number of benzene rings is 1. The smallest absolute Gasteiger partial charge is 0.331 e. The highest BCUT2D eigenvalue weighted by molar-refractivity contribution is 9.10. The van der Waals surface area contributed by atoms with E-state index in [0.29, 0.717) is 18.1 Å². The Morgan fingerprint density at radius 2 is 2.17 bits per heavy atom. The molecule has 0 aliphatic heterocycles. The van der Waals surface area contributed by atoms with Gasteiger partial charge in [-0.1, -0.05) is 0 Å². The lowest BCUT2D eigenvalue weighted by atomic mass is 10.1. The molecular formula is C13H15BrO4. The summed E-state index contributed by atoms with van der Waals surface area (Å²) in [6, 6.07) is 3.54. The van der Waals surface area contributed by atoms with Crippen LogP contribution in [0.1, 0.15) is 19.4 Å². The fraction of sp³-hybridized carbons (Fsp3) is 0.308. The zero-order chi connectivity index (χ0) is 13.7. The van der Waals surface area contributed by atoms with E-state index >= 15 is 0 Å². The molecule has 0 aliphatic carbocycles. The van der Waals surface area contributed by atoms with Crippen LogP contribution in [0.2, 0.25) is 0 Å². The lowest BCUT2D eigenvalue weighted by Gasteiger charge is -2.12. The lowest BCUT2D eigenvalue weighted by molar-refractivity contribution is -0.132. The van der Waals surface area contributed by atoms with Crippen molar-refractivity contribution in [2.24, 2.45) is 0 Å². The molecular weight excluding hydrogens is 300 g/mol. The van der Waals surface area contributed by atoms with Gasteiger partial charge in [-0.05, 0) is 53.5 Å². The van der Waals surface area contributed by atoms with Crippen LogP contribution in [0.4, 0.5) is 0 Å². The summed E-state index contributed by atoms with van der Waals surface area (Å²) in [5.41, 5.74) is 1.00. The minimum atomic E-state index is -0.945. The van der Waals surface area contributed by atoms with Crippen molar-refractivity contribution in [3.05, 3.63) is 27.7 Å². The summed E-state index contributed by atoms with van der Waals surface area (Å²) in [7, 11) is 1.56. The minimum absolute atomic E-state index is 0.259. The van der Waals surface area contributed by atoms with E-state index in [4.69, 9.17) is 14.6 Å². The maximum atomic E-state index is 10.8. The Labute approximate surface area is 114 Å². The monoisotopic (exact) mass is 314 g/mol. The van der Waals surface area contributed by atoms with Crippen molar-refractivity contribution in [3.63, 3.8) is 0 Å². The van der Waals surface area contributed by atoms with Crippen LogP contribution in [0, 0.1) is 0 Å². The first kappa shape index (κ1) is 14.6. The second kappa shape index (κ2) is 6.44. The summed E-state index contributed by atoms with van der Waals surface area (Å²) >= 11 is 3.37. The van der Waals surface area contributed by atoms with E-state index in [9.17, 15) is 4.79 Å². The number of carboxylic acids is 1. The summed E-state index contributed by atoms with van der Waals surface area (Å²) in [6.07, 6.45) is 1.58. The van der Waals surface area contributed by atoms with Gasteiger partial charge < -0.3 is 14.6 Å². The molecule has 0 amide bonds. The molecule has 0 saturated heterocycles. The third-order valence-electron chi connectivity index (χ3n) is 2.26. The molecule has 0 spiro atoms. The number of carboxylic acid groups (broad SMARTS) is 1. The number of ether oxygens (including phenoxy) is 2. The van der Waals surface area contributed by atoms with Crippen molar-refractivity contribution in [3.8, 4) is 11.5 Å². The molecule has 0 saturated carbocycles. The van der Waals surface area contributed by atoms with Gasteiger partial charge in [0, 0.05) is 5.57 Å². The molecule has 0 atom stereocenters. The number of carbonyl (C=O) groups is 1. The van der Waals surface area contributed by atoms with Gasteiger partial charge in [0.25, 0.3) is 0 Å². The van der Waals surface area contributed by atoms with E-state index in [-0.39, 0.29) is 5.57 Å². The predicted octanol–water partition coefficient (Wildman–Crippen LogP) is 3.34. The standard InChI is InChI=1S/C13H15BrO4/c1-4-18-11-7-9(5-8(2)13(15)16)6-10(14)12(11)17-3/h5-7H,4H2,1-3H3,(H,15,16). The summed E-state index contributed by atoms with van der Waals surface area (Å²) in [5.74, 6) is 0.237. The third-order valence-corrected chi connectivity index (χ3v) is 2.85. The number of hydrogen-bond donors (Lipinski definition) is 1. The Balaban J connectivity index is 3.24. The van der Waals surface area contributed by atoms with Crippen LogP contribution in [0.5, 0.6) is 11.5 Å². The number of methoxy groups -OCH3 is 1. The normalized spacial score (nSPS) is 11.2. The van der Waals surface area contributed by atoms with Crippen LogP contribution < -0.4 is 9.47 Å². The summed E-state index contributed by atoms with van der Waals surface area (Å²) < 4.78 is 11.4. The van der Waals surface area contributed by atoms with E-state index in [1.807, 2.05) is 6.92 Å². The molecule has 0 fully saturated rings. The van der Waals surface area contributed by atoms with Crippen molar-refractivity contribution < 1.29 is 19.4 Å². The highest BCUT2D eigenvalue weighted by Crippen LogP contribution is 2.37. The van der Waals surface area contributed by atoms with Crippen molar-refractivity contribution in [2.45, 2.75) is 13.8 Å². The maximum absolute atomic E-state index is 10.8. The fourth-order valence-electron chi connectivity index (χ4n) is 1.44. The summed E-state index contributed by atoms with van der Waals surface area (Å²) in [6.45, 7) is 3.92. The van der Waals surface area contributed by atoms with Gasteiger partial charge in [0.1, 0.15) is 0 Å². The molecule has 98 valence electrons. The SMILES string of the molecule is CCOc1cc(C=C(C)C(=O)O)cc(Br)c1OC. The fourth-order valence-corrected chi connectivity index (χ4v) is 2.07. The number of halogens is 1. The summed E-state index contributed by atoms with van der Waals surface area (Å²) in [4.78, 5) is 10.8. The Kier molecular flexibility index (Phi) is 5.22. The van der Waals surface area contributed by atoms with E-state index in [1.165, 1.54) is 0 Å². The first-order valence-electron chi connectivity index (χ1n) is 5.41. The number of hydrogen-bond acceptors (Lipinski definition) is 3. The van der Waals surface area contributed by atoms with Crippen molar-refractivity contribution in [1.29, 1.82) is 0 Å². The van der Waals surface area contributed by atoms with Crippen LogP contribution in [0.3, 0.4) is 0 Å². The van der Waals surface area contributed by atoms with Gasteiger partial charge >= 0.3 is 5.97 Å². The molecule has 0 bridgehead atoms. The quantitative estimate of drug-likeness (QED) is 0.847. The van der Waals surface area contributed by atoms with Crippen molar-refractivity contribution in [2.75, 3.05) is 13.7 Å². The van der Waals surface area contributed by atoms with E-state index in [2.05, 4.69) is 15.9 Å². The third kappa shape index (κ3) is 3.50. The molecule has 1 aromatic rings. The topological polar surface area (TPSA) is 55.8 Å². The zero-order valence-corrected chi connectivity index (χ0v) is 12.1. The van der Waals surface area contributed by atoms with Gasteiger partial charge in [-0.25, -0.2) is 4.79 Å². The average Bonchev–Trinajstić information content (AvgIpc) is 2.29. The van der Waals surface area contributed by atoms with Crippen LogP contribution in [-0.4, -0.2) is 24.8 Å². The highest BCUT2D eigenvalue weighted by Gasteiger charge is 2.11. The predicted molar refractivity (Wildman–Crippen MR) is 73.1 cm³/mol. The van der Waals surface area contributed by atoms with Gasteiger partial charge in [0.05, 0.1) is 18.2 Å². The van der Waals surface area contributed by atoms with Gasteiger partial charge in [0.2, 0.25) is 0 Å². The molecule has 0 heterocycles. The van der Waals surface area contributed by atoms with Crippen molar-refractivity contribution in [1.82, 2.24) is 0 Å². The highest BCUT2D eigenvalue weighted by atomic mass is 79.9. The maximum Gasteiger partial charge on any atom is 0.331 e. The lowest BCUT2D eigenvalue weighted by Crippen LogP contribution is -1.98. The molecule has 0 unspecified atom stereocenters. The molecule has 1 rings (SSSR count). The van der Waals surface area contributed by atoms with E-state index < -0.39 is 5.97 Å². The Morgan fingerprint density at radius 3 is 2.67 bits per heavy atom. The van der Waals surface area contributed by atoms with Crippen molar-refractivity contribution >= 4 is 28.0 Å². The van der Waals surface area contributed by atoms with Gasteiger partial charge in [0.15, 0.2) is 11.5 Å². The Bertz CT molecular complexity index is 480.